The molecule has 0 aliphatic heterocycles. The first-order valence-electron chi connectivity index (χ1n) is 3.57. The Bertz CT molecular complexity index is 65.0. The van der Waals surface area contributed by atoms with E-state index >= 15 is 0 Å². The number of rotatable bonds is 3. The Morgan fingerprint density at radius 2 is 1.89 bits per heavy atom. The average molecular weight is 127 g/mol. The van der Waals surface area contributed by atoms with E-state index in [1.807, 2.05) is 19.9 Å². The summed E-state index contributed by atoms with van der Waals surface area (Å²) in [6.07, 6.45) is 7.31. The highest BCUT2D eigenvalue weighted by molar-refractivity contribution is 5.67. The molecule has 0 fully saturated rings. The lowest BCUT2D eigenvalue weighted by molar-refractivity contribution is 0.960. The number of nitrogens with one attached hydrogen (secondary N) is 1. The molecule has 0 aromatic rings. The van der Waals surface area contributed by atoms with Gasteiger partial charge in [-0.3, -0.25) is 0 Å². The van der Waals surface area contributed by atoms with Crippen LogP contribution >= 0.6 is 0 Å². The first kappa shape index (κ1) is 11.2. The zero-order chi connectivity index (χ0) is 7.54. The quantitative estimate of drug-likeness (QED) is 0.563. The van der Waals surface area contributed by atoms with Gasteiger partial charge >= 0.3 is 0 Å². The fourth-order valence-electron chi connectivity index (χ4n) is 0.331. The topological polar surface area (TPSA) is 23.9 Å². The lowest BCUT2D eigenvalue weighted by Crippen LogP contribution is -1.60. The molecule has 0 radical (unpaired) electrons. The van der Waals surface area contributed by atoms with Crippen molar-refractivity contribution in [2.45, 2.75) is 33.6 Å². The normalized spacial score (nSPS) is 8.33. The van der Waals surface area contributed by atoms with Gasteiger partial charge in [-0.15, -0.1) is 0 Å². The molecule has 0 saturated heterocycles. The van der Waals surface area contributed by atoms with Crippen LogP contribution in [0.4, 0.5) is 0 Å². The second kappa shape index (κ2) is 15.7. The number of hydrogen-bond acceptors (Lipinski definition) is 1. The Balaban J connectivity index is 0. The van der Waals surface area contributed by atoms with Crippen LogP contribution in [-0.4, -0.2) is 6.21 Å². The predicted octanol–water partition coefficient (Wildman–Crippen LogP) is 3.02. The predicted molar refractivity (Wildman–Crippen MR) is 44.2 cm³/mol. The molecule has 0 aliphatic rings. The highest BCUT2D eigenvalue weighted by atomic mass is 14.3. The van der Waals surface area contributed by atoms with E-state index in [4.69, 9.17) is 5.41 Å². The van der Waals surface area contributed by atoms with Gasteiger partial charge in [-0.25, -0.2) is 0 Å². The van der Waals surface area contributed by atoms with Gasteiger partial charge in [-0.05, 0) is 12.5 Å². The summed E-state index contributed by atoms with van der Waals surface area (Å²) in [6, 6.07) is 0. The van der Waals surface area contributed by atoms with Crippen molar-refractivity contribution >= 4 is 6.21 Å². The van der Waals surface area contributed by atoms with Gasteiger partial charge in [0, 0.05) is 6.21 Å². The summed E-state index contributed by atoms with van der Waals surface area (Å²) in [7, 11) is 0. The van der Waals surface area contributed by atoms with Gasteiger partial charge in [-0.2, -0.15) is 0 Å². The molecule has 0 unspecified atom stereocenters. The van der Waals surface area contributed by atoms with Gasteiger partial charge in [0.05, 0.1) is 0 Å². The zero-order valence-electron chi connectivity index (χ0n) is 6.65. The molecule has 0 bridgehead atoms. The average Bonchev–Trinajstić information content (AvgIpc) is 1.94. The minimum Gasteiger partial charge on any atom is -0.309 e. The zero-order valence-corrected chi connectivity index (χ0v) is 6.65. The maximum absolute atomic E-state index is 6.57. The monoisotopic (exact) mass is 127 g/mol. The number of unbranched alkanes of at least 4 members (excludes halogenated alkanes) is 1. The van der Waals surface area contributed by atoms with Crippen LogP contribution in [-0.2, 0) is 0 Å². The van der Waals surface area contributed by atoms with Crippen molar-refractivity contribution in [3.05, 3.63) is 12.2 Å². The third kappa shape index (κ3) is 18.7. The lowest BCUT2D eigenvalue weighted by Gasteiger charge is -1.76. The third-order valence-electron chi connectivity index (χ3n) is 0.688. The summed E-state index contributed by atoms with van der Waals surface area (Å²) >= 11 is 0. The van der Waals surface area contributed by atoms with E-state index in [0.717, 1.165) is 6.42 Å². The van der Waals surface area contributed by atoms with E-state index in [2.05, 4.69) is 6.92 Å². The summed E-state index contributed by atoms with van der Waals surface area (Å²) in [5.74, 6) is 0. The van der Waals surface area contributed by atoms with E-state index in [1.165, 1.54) is 12.6 Å². The first-order valence-corrected chi connectivity index (χ1v) is 3.57. The maximum Gasteiger partial charge on any atom is 0.0174 e. The second-order valence-electron chi connectivity index (χ2n) is 1.38. The van der Waals surface area contributed by atoms with E-state index in [0.29, 0.717) is 0 Å². The SMILES string of the molecule is CC.CCC/C=C\C=N. The van der Waals surface area contributed by atoms with E-state index in [-0.39, 0.29) is 0 Å². The van der Waals surface area contributed by atoms with E-state index in [9.17, 15) is 0 Å². The second-order valence-corrected chi connectivity index (χ2v) is 1.38. The maximum atomic E-state index is 6.57. The molecule has 0 aromatic heterocycles. The molecule has 0 spiro atoms. The summed E-state index contributed by atoms with van der Waals surface area (Å²) in [4.78, 5) is 0. The third-order valence-corrected chi connectivity index (χ3v) is 0.688. The summed E-state index contributed by atoms with van der Waals surface area (Å²) in [5, 5.41) is 6.57. The molecule has 0 heterocycles. The Hall–Kier alpha value is -0.590. The highest BCUT2D eigenvalue weighted by Gasteiger charge is 1.66. The van der Waals surface area contributed by atoms with Crippen molar-refractivity contribution in [1.29, 1.82) is 5.41 Å². The Morgan fingerprint density at radius 3 is 2.22 bits per heavy atom. The number of allylic oxidation sites excluding steroid dienone is 2. The van der Waals surface area contributed by atoms with Crippen LogP contribution in [0, 0.1) is 5.41 Å². The summed E-state index contributed by atoms with van der Waals surface area (Å²) in [6.45, 7) is 6.12. The molecular weight excluding hydrogens is 110 g/mol. The fraction of sp³-hybridized carbons (Fsp3) is 0.625. The van der Waals surface area contributed by atoms with Crippen LogP contribution < -0.4 is 0 Å². The van der Waals surface area contributed by atoms with Crippen LogP contribution in [0.1, 0.15) is 33.6 Å². The Kier molecular flexibility index (Phi) is 19.5. The van der Waals surface area contributed by atoms with Crippen molar-refractivity contribution in [3.8, 4) is 0 Å². The standard InChI is InChI=1S/C6H11N.C2H6/c1-2-3-4-5-6-7;1-2/h4-7H,2-3H2,1H3;1-2H3/b5-4-,7-6?;. The molecule has 54 valence electrons. The van der Waals surface area contributed by atoms with Gasteiger partial charge < -0.3 is 5.41 Å². The minimum absolute atomic E-state index is 1.09. The van der Waals surface area contributed by atoms with Crippen molar-refractivity contribution in [1.82, 2.24) is 0 Å². The molecule has 1 heteroatoms. The van der Waals surface area contributed by atoms with Crippen molar-refractivity contribution in [2.75, 3.05) is 0 Å². The van der Waals surface area contributed by atoms with Gasteiger partial charge in [0.25, 0.3) is 0 Å². The van der Waals surface area contributed by atoms with E-state index in [1.54, 1.807) is 6.08 Å². The molecule has 0 aliphatic carbocycles. The largest absolute Gasteiger partial charge is 0.309 e. The molecule has 1 nitrogen and oxygen atoms in total. The van der Waals surface area contributed by atoms with Crippen LogP contribution in [0.15, 0.2) is 12.2 Å². The molecular formula is C8H17N. The summed E-state index contributed by atoms with van der Waals surface area (Å²) in [5.41, 5.74) is 0. The van der Waals surface area contributed by atoms with Gasteiger partial charge in [0.2, 0.25) is 0 Å². The fourth-order valence-corrected chi connectivity index (χ4v) is 0.331. The molecule has 0 amide bonds. The lowest BCUT2D eigenvalue weighted by atomic mass is 10.3. The smallest absolute Gasteiger partial charge is 0.0174 e. The first-order chi connectivity index (χ1) is 4.41. The highest BCUT2D eigenvalue weighted by Crippen LogP contribution is 1.85. The molecule has 0 saturated carbocycles. The van der Waals surface area contributed by atoms with Crippen LogP contribution in [0.3, 0.4) is 0 Å². The minimum atomic E-state index is 1.09. The molecule has 0 atom stereocenters. The van der Waals surface area contributed by atoms with Gasteiger partial charge in [0.1, 0.15) is 0 Å². The van der Waals surface area contributed by atoms with Crippen LogP contribution in [0.5, 0.6) is 0 Å². The van der Waals surface area contributed by atoms with Crippen molar-refractivity contribution in [3.63, 3.8) is 0 Å². The molecule has 0 rings (SSSR count). The van der Waals surface area contributed by atoms with Crippen molar-refractivity contribution < 1.29 is 0 Å². The molecule has 1 N–H and O–H groups in total. The van der Waals surface area contributed by atoms with Crippen LogP contribution in [0.2, 0.25) is 0 Å². The Labute approximate surface area is 58.3 Å². The van der Waals surface area contributed by atoms with Gasteiger partial charge in [0.15, 0.2) is 0 Å². The number of hydrogen-bond donors (Lipinski definition) is 1. The van der Waals surface area contributed by atoms with Crippen molar-refractivity contribution in [2.24, 2.45) is 0 Å². The van der Waals surface area contributed by atoms with Crippen LogP contribution in [0.25, 0.3) is 0 Å². The van der Waals surface area contributed by atoms with Gasteiger partial charge in [-0.1, -0.05) is 33.3 Å². The van der Waals surface area contributed by atoms with E-state index < -0.39 is 0 Å². The molecule has 9 heavy (non-hydrogen) atoms. The molecule has 0 aromatic carbocycles. The Morgan fingerprint density at radius 1 is 1.33 bits per heavy atom. The summed E-state index contributed by atoms with van der Waals surface area (Å²) < 4.78 is 0.